The number of ether oxygens (including phenoxy) is 1. The molecule has 0 bridgehead atoms. The van der Waals surface area contributed by atoms with Crippen molar-refractivity contribution in [3.63, 3.8) is 0 Å². The van der Waals surface area contributed by atoms with Crippen molar-refractivity contribution in [2.24, 2.45) is 0 Å². The van der Waals surface area contributed by atoms with Crippen LogP contribution in [0, 0.1) is 0 Å². The molecule has 1 aliphatic heterocycles. The molecule has 1 saturated heterocycles. The fourth-order valence-corrected chi connectivity index (χ4v) is 2.00. The Hall–Kier alpha value is -1.16. The molecule has 1 N–H and O–H groups in total. The van der Waals surface area contributed by atoms with E-state index in [0.29, 0.717) is 12.3 Å². The van der Waals surface area contributed by atoms with Gasteiger partial charge in [-0.25, -0.2) is 8.78 Å². The lowest BCUT2D eigenvalue weighted by Crippen LogP contribution is -2.38. The number of rotatable bonds is 2. The van der Waals surface area contributed by atoms with E-state index in [9.17, 15) is 8.78 Å². The topological polar surface area (TPSA) is 21.3 Å². The first-order chi connectivity index (χ1) is 7.61. The smallest absolute Gasteiger partial charge is 0.251 e. The van der Waals surface area contributed by atoms with Crippen LogP contribution in [-0.2, 0) is 0 Å². The summed E-state index contributed by atoms with van der Waals surface area (Å²) in [5.41, 5.74) is 0.860. The standard InChI is InChI=1S/C12H15F2NO/c1-16-10-4-2-3-9(7-10)11-8-12(13,14)5-6-15-11/h2-4,7,11,15H,5-6,8H2,1H3. The molecule has 88 valence electrons. The second-order valence-corrected chi connectivity index (χ2v) is 4.09. The summed E-state index contributed by atoms with van der Waals surface area (Å²) in [6.45, 7) is 0.356. The maximum atomic E-state index is 13.3. The predicted molar refractivity (Wildman–Crippen MR) is 57.9 cm³/mol. The van der Waals surface area contributed by atoms with E-state index in [-0.39, 0.29) is 18.9 Å². The van der Waals surface area contributed by atoms with Gasteiger partial charge in [0.15, 0.2) is 0 Å². The maximum Gasteiger partial charge on any atom is 0.251 e. The van der Waals surface area contributed by atoms with Crippen molar-refractivity contribution in [1.29, 1.82) is 0 Å². The monoisotopic (exact) mass is 227 g/mol. The van der Waals surface area contributed by atoms with Crippen LogP contribution < -0.4 is 10.1 Å². The van der Waals surface area contributed by atoms with Crippen molar-refractivity contribution in [3.05, 3.63) is 29.8 Å². The molecule has 1 aliphatic rings. The van der Waals surface area contributed by atoms with Crippen molar-refractivity contribution in [1.82, 2.24) is 5.32 Å². The number of hydrogen-bond acceptors (Lipinski definition) is 2. The molecule has 1 atom stereocenters. The zero-order chi connectivity index (χ0) is 11.6. The fourth-order valence-electron chi connectivity index (χ4n) is 2.00. The van der Waals surface area contributed by atoms with E-state index >= 15 is 0 Å². The van der Waals surface area contributed by atoms with Crippen LogP contribution in [-0.4, -0.2) is 19.6 Å². The molecule has 0 amide bonds. The fraction of sp³-hybridized carbons (Fsp3) is 0.500. The van der Waals surface area contributed by atoms with Gasteiger partial charge in [-0.2, -0.15) is 0 Å². The average Bonchev–Trinajstić information content (AvgIpc) is 2.28. The first kappa shape index (κ1) is 11.3. The van der Waals surface area contributed by atoms with Gasteiger partial charge >= 0.3 is 0 Å². The molecule has 0 aliphatic carbocycles. The van der Waals surface area contributed by atoms with Crippen molar-refractivity contribution < 1.29 is 13.5 Å². The van der Waals surface area contributed by atoms with Gasteiger partial charge < -0.3 is 10.1 Å². The zero-order valence-corrected chi connectivity index (χ0v) is 9.17. The maximum absolute atomic E-state index is 13.3. The first-order valence-corrected chi connectivity index (χ1v) is 5.36. The number of piperidine rings is 1. The Morgan fingerprint density at radius 1 is 1.44 bits per heavy atom. The Bertz CT molecular complexity index is 368. The van der Waals surface area contributed by atoms with E-state index < -0.39 is 5.92 Å². The first-order valence-electron chi connectivity index (χ1n) is 5.36. The van der Waals surface area contributed by atoms with Gasteiger partial charge in [-0.3, -0.25) is 0 Å². The lowest BCUT2D eigenvalue weighted by molar-refractivity contribution is -0.0415. The Kier molecular flexibility index (Phi) is 3.10. The molecule has 0 aromatic heterocycles. The minimum Gasteiger partial charge on any atom is -0.497 e. The average molecular weight is 227 g/mol. The second-order valence-electron chi connectivity index (χ2n) is 4.09. The van der Waals surface area contributed by atoms with Crippen LogP contribution in [0.1, 0.15) is 24.4 Å². The lowest BCUT2D eigenvalue weighted by atomic mass is 9.95. The predicted octanol–water partition coefficient (Wildman–Crippen LogP) is 2.76. The highest BCUT2D eigenvalue weighted by atomic mass is 19.3. The minimum atomic E-state index is -2.56. The highest BCUT2D eigenvalue weighted by molar-refractivity contribution is 5.31. The SMILES string of the molecule is COc1cccc(C2CC(F)(F)CCN2)c1. The molecule has 1 heterocycles. The van der Waals surface area contributed by atoms with Crippen LogP contribution >= 0.6 is 0 Å². The van der Waals surface area contributed by atoms with Gasteiger partial charge in [-0.1, -0.05) is 12.1 Å². The highest BCUT2D eigenvalue weighted by Gasteiger charge is 2.36. The summed E-state index contributed by atoms with van der Waals surface area (Å²) in [5.74, 6) is -1.85. The largest absolute Gasteiger partial charge is 0.497 e. The third-order valence-electron chi connectivity index (χ3n) is 2.88. The van der Waals surface area contributed by atoms with Gasteiger partial charge in [-0.15, -0.1) is 0 Å². The molecule has 4 heteroatoms. The van der Waals surface area contributed by atoms with Gasteiger partial charge in [0.1, 0.15) is 5.75 Å². The quantitative estimate of drug-likeness (QED) is 0.838. The third-order valence-corrected chi connectivity index (χ3v) is 2.88. The Balaban J connectivity index is 2.16. The number of nitrogens with one attached hydrogen (secondary N) is 1. The molecule has 16 heavy (non-hydrogen) atoms. The number of benzene rings is 1. The van der Waals surface area contributed by atoms with E-state index in [1.165, 1.54) is 0 Å². The summed E-state index contributed by atoms with van der Waals surface area (Å²) in [6.07, 6.45) is -0.215. The van der Waals surface area contributed by atoms with Crippen LogP contribution in [0.15, 0.2) is 24.3 Å². The summed E-state index contributed by atoms with van der Waals surface area (Å²) in [6, 6.07) is 7.01. The molecule has 1 aromatic rings. The highest BCUT2D eigenvalue weighted by Crippen LogP contribution is 2.35. The summed E-state index contributed by atoms with van der Waals surface area (Å²) in [5, 5.41) is 3.11. The van der Waals surface area contributed by atoms with E-state index in [2.05, 4.69) is 5.32 Å². The molecule has 2 rings (SSSR count). The molecule has 0 radical (unpaired) electrons. The Labute approximate surface area is 93.6 Å². The number of hydrogen-bond donors (Lipinski definition) is 1. The second kappa shape index (κ2) is 4.37. The number of methoxy groups -OCH3 is 1. The molecular formula is C12H15F2NO. The number of halogens is 2. The number of alkyl halides is 2. The van der Waals surface area contributed by atoms with Crippen LogP contribution in [0.5, 0.6) is 5.75 Å². The molecule has 2 nitrogen and oxygen atoms in total. The summed E-state index contributed by atoms with van der Waals surface area (Å²) < 4.78 is 31.6. The molecule has 0 spiro atoms. The molecule has 1 aromatic carbocycles. The van der Waals surface area contributed by atoms with Gasteiger partial charge in [0.2, 0.25) is 0 Å². The van der Waals surface area contributed by atoms with Gasteiger partial charge in [0, 0.05) is 25.4 Å². The van der Waals surface area contributed by atoms with E-state index in [0.717, 1.165) is 5.56 Å². The van der Waals surface area contributed by atoms with Crippen molar-refractivity contribution in [2.75, 3.05) is 13.7 Å². The summed E-state index contributed by atoms with van der Waals surface area (Å²) in [7, 11) is 1.57. The van der Waals surface area contributed by atoms with Gasteiger partial charge in [0.05, 0.1) is 7.11 Å². The summed E-state index contributed by atoms with van der Waals surface area (Å²) >= 11 is 0. The zero-order valence-electron chi connectivity index (χ0n) is 9.17. The van der Waals surface area contributed by atoms with Crippen LogP contribution in [0.2, 0.25) is 0 Å². The van der Waals surface area contributed by atoms with Crippen molar-refractivity contribution in [2.45, 2.75) is 24.8 Å². The molecule has 0 saturated carbocycles. The van der Waals surface area contributed by atoms with Crippen LogP contribution in [0.4, 0.5) is 8.78 Å². The molecule has 1 fully saturated rings. The Morgan fingerprint density at radius 2 is 2.25 bits per heavy atom. The summed E-state index contributed by atoms with van der Waals surface area (Å²) in [4.78, 5) is 0. The van der Waals surface area contributed by atoms with E-state index in [1.807, 2.05) is 18.2 Å². The van der Waals surface area contributed by atoms with E-state index in [1.54, 1.807) is 13.2 Å². The molecular weight excluding hydrogens is 212 g/mol. The normalized spacial score (nSPS) is 24.1. The lowest BCUT2D eigenvalue weighted by Gasteiger charge is -2.30. The minimum absolute atomic E-state index is 0.0759. The Morgan fingerprint density at radius 3 is 2.94 bits per heavy atom. The van der Waals surface area contributed by atoms with Gasteiger partial charge in [-0.05, 0) is 17.7 Å². The van der Waals surface area contributed by atoms with Crippen molar-refractivity contribution >= 4 is 0 Å². The molecule has 1 unspecified atom stereocenters. The van der Waals surface area contributed by atoms with Crippen LogP contribution in [0.25, 0.3) is 0 Å². The van der Waals surface area contributed by atoms with E-state index in [4.69, 9.17) is 4.74 Å². The third kappa shape index (κ3) is 2.50. The van der Waals surface area contributed by atoms with Crippen molar-refractivity contribution in [3.8, 4) is 5.75 Å². The van der Waals surface area contributed by atoms with Crippen LogP contribution in [0.3, 0.4) is 0 Å². The van der Waals surface area contributed by atoms with Gasteiger partial charge in [0.25, 0.3) is 5.92 Å².